The van der Waals surface area contributed by atoms with E-state index in [9.17, 15) is 9.59 Å². The highest BCUT2D eigenvalue weighted by molar-refractivity contribution is 5.77. The minimum Gasteiger partial charge on any atom is -0.462 e. The van der Waals surface area contributed by atoms with E-state index in [4.69, 9.17) is 14.5 Å². The number of carbonyl (C=O) groups is 2. The number of esters is 2. The van der Waals surface area contributed by atoms with Crippen LogP contribution in [0, 0.1) is 11.8 Å². The largest absolute Gasteiger partial charge is 0.462 e. The van der Waals surface area contributed by atoms with E-state index in [1.54, 1.807) is 12.4 Å². The highest BCUT2D eigenvalue weighted by Crippen LogP contribution is 2.23. The highest BCUT2D eigenvalue weighted by atomic mass is 16.6. The second kappa shape index (κ2) is 11.9. The van der Waals surface area contributed by atoms with E-state index in [1.165, 1.54) is 4.68 Å². The van der Waals surface area contributed by atoms with Crippen LogP contribution in [0.15, 0.2) is 30.9 Å². The second-order valence-corrected chi connectivity index (χ2v) is 10.7. The molecule has 0 amide bonds. The lowest BCUT2D eigenvalue weighted by Gasteiger charge is -2.20. The van der Waals surface area contributed by atoms with Gasteiger partial charge in [0.2, 0.25) is 5.95 Å². The normalized spacial score (nSPS) is 18.8. The van der Waals surface area contributed by atoms with Gasteiger partial charge in [-0.2, -0.15) is 10.1 Å². The smallest absolute Gasteiger partial charge is 0.328 e. The van der Waals surface area contributed by atoms with Crippen LogP contribution in [0.2, 0.25) is 0 Å². The SMILES string of the molecule is CCC(Cn1ccc2cnc(Nc3cnn(CC(=O)OC4C[C@@H](C(=O)OC(C)C)N(C)C4)c3)nc21)C(C)C. The molecule has 206 valence electrons. The van der Waals surface area contributed by atoms with Crippen LogP contribution < -0.4 is 5.32 Å². The third kappa shape index (κ3) is 6.69. The van der Waals surface area contributed by atoms with Crippen molar-refractivity contribution in [2.75, 3.05) is 18.9 Å². The molecule has 0 saturated carbocycles. The first-order valence-electron chi connectivity index (χ1n) is 13.3. The minimum absolute atomic E-state index is 0.0423. The van der Waals surface area contributed by atoms with Gasteiger partial charge < -0.3 is 19.4 Å². The third-order valence-electron chi connectivity index (χ3n) is 7.01. The Morgan fingerprint density at radius 3 is 2.71 bits per heavy atom. The molecule has 3 aromatic rings. The number of anilines is 2. The summed E-state index contributed by atoms with van der Waals surface area (Å²) in [5.41, 5.74) is 1.55. The van der Waals surface area contributed by atoms with Gasteiger partial charge in [-0.15, -0.1) is 0 Å². The maximum atomic E-state index is 12.5. The predicted molar refractivity (Wildman–Crippen MR) is 144 cm³/mol. The molecule has 3 atom stereocenters. The van der Waals surface area contributed by atoms with E-state index in [-0.39, 0.29) is 24.7 Å². The maximum absolute atomic E-state index is 12.5. The Bertz CT molecular complexity index is 1250. The lowest BCUT2D eigenvalue weighted by atomic mass is 9.93. The first-order chi connectivity index (χ1) is 18.1. The Labute approximate surface area is 223 Å². The van der Waals surface area contributed by atoms with Gasteiger partial charge in [-0.25, -0.2) is 4.98 Å². The van der Waals surface area contributed by atoms with Crippen LogP contribution in [-0.4, -0.2) is 73.0 Å². The average Bonchev–Trinajstić information content (AvgIpc) is 3.55. The standard InChI is InChI=1S/C27H39N7O4/c1-7-19(17(2)3)13-33-9-8-20-11-28-27(31-25(20)33)30-21-12-29-34(14-21)16-24(35)38-22-10-23(32(6)15-22)26(36)37-18(4)5/h8-9,11-12,14,17-19,22-23H,7,10,13,15-16H2,1-6H3,(H,28,30,31)/t19?,22?,23-/m0/s1. The molecule has 1 aliphatic rings. The third-order valence-corrected chi connectivity index (χ3v) is 7.01. The fourth-order valence-corrected chi connectivity index (χ4v) is 4.87. The van der Waals surface area contributed by atoms with Crippen LogP contribution in [0.4, 0.5) is 11.6 Å². The van der Waals surface area contributed by atoms with Crippen LogP contribution in [0.25, 0.3) is 11.0 Å². The summed E-state index contributed by atoms with van der Waals surface area (Å²) < 4.78 is 14.6. The number of hydrogen-bond acceptors (Lipinski definition) is 9. The van der Waals surface area contributed by atoms with Gasteiger partial charge in [-0.05, 0) is 38.8 Å². The molecule has 4 rings (SSSR count). The second-order valence-electron chi connectivity index (χ2n) is 10.7. The van der Waals surface area contributed by atoms with E-state index in [0.29, 0.717) is 36.4 Å². The number of likely N-dealkylation sites (tertiary alicyclic amines) is 1. The number of hydrogen-bond donors (Lipinski definition) is 1. The Morgan fingerprint density at radius 1 is 1.21 bits per heavy atom. The summed E-state index contributed by atoms with van der Waals surface area (Å²) >= 11 is 0. The molecule has 0 radical (unpaired) electrons. The zero-order valence-electron chi connectivity index (χ0n) is 23.1. The number of nitrogens with zero attached hydrogens (tertiary/aromatic N) is 6. The van der Waals surface area contributed by atoms with Gasteiger partial charge in [0.05, 0.1) is 18.0 Å². The number of rotatable bonds is 11. The molecule has 0 spiro atoms. The van der Waals surface area contributed by atoms with Crippen molar-refractivity contribution in [2.45, 2.75) is 78.8 Å². The van der Waals surface area contributed by atoms with Crippen LogP contribution >= 0.6 is 0 Å². The van der Waals surface area contributed by atoms with Crippen LogP contribution in [0.3, 0.4) is 0 Å². The van der Waals surface area contributed by atoms with Gasteiger partial charge in [0.15, 0.2) is 0 Å². The molecule has 11 heteroatoms. The summed E-state index contributed by atoms with van der Waals surface area (Å²) in [6, 6.07) is 1.63. The van der Waals surface area contributed by atoms with Gasteiger partial charge in [-0.3, -0.25) is 19.2 Å². The van der Waals surface area contributed by atoms with E-state index < -0.39 is 12.0 Å². The minimum atomic E-state index is -0.415. The zero-order valence-corrected chi connectivity index (χ0v) is 23.1. The number of aromatic nitrogens is 5. The van der Waals surface area contributed by atoms with Crippen molar-refractivity contribution in [2.24, 2.45) is 11.8 Å². The van der Waals surface area contributed by atoms with Crippen molar-refractivity contribution in [1.29, 1.82) is 0 Å². The monoisotopic (exact) mass is 525 g/mol. The van der Waals surface area contributed by atoms with E-state index in [1.807, 2.05) is 38.1 Å². The van der Waals surface area contributed by atoms with Crippen molar-refractivity contribution >= 4 is 34.6 Å². The van der Waals surface area contributed by atoms with Gasteiger partial charge in [0.1, 0.15) is 24.3 Å². The van der Waals surface area contributed by atoms with Gasteiger partial charge in [-0.1, -0.05) is 27.2 Å². The molecule has 4 heterocycles. The van der Waals surface area contributed by atoms with Crippen molar-refractivity contribution < 1.29 is 19.1 Å². The van der Waals surface area contributed by atoms with E-state index in [0.717, 1.165) is 24.0 Å². The Kier molecular flexibility index (Phi) is 8.65. The van der Waals surface area contributed by atoms with Gasteiger partial charge in [0, 0.05) is 43.5 Å². The average molecular weight is 526 g/mol. The van der Waals surface area contributed by atoms with E-state index >= 15 is 0 Å². The highest BCUT2D eigenvalue weighted by Gasteiger charge is 2.37. The number of fused-ring (bicyclic) bond motifs is 1. The first-order valence-corrected chi connectivity index (χ1v) is 13.3. The molecule has 11 nitrogen and oxygen atoms in total. The van der Waals surface area contributed by atoms with Crippen molar-refractivity contribution in [3.63, 3.8) is 0 Å². The van der Waals surface area contributed by atoms with E-state index in [2.05, 4.69) is 46.9 Å². The topological polar surface area (TPSA) is 116 Å². The summed E-state index contributed by atoms with van der Waals surface area (Å²) in [5.74, 6) is 0.917. The molecular weight excluding hydrogens is 486 g/mol. The Morgan fingerprint density at radius 2 is 2.00 bits per heavy atom. The number of nitrogens with one attached hydrogen (secondary N) is 1. The maximum Gasteiger partial charge on any atom is 0.328 e. The fraction of sp³-hybridized carbons (Fsp3) is 0.593. The summed E-state index contributed by atoms with van der Waals surface area (Å²) in [4.78, 5) is 35.8. The summed E-state index contributed by atoms with van der Waals surface area (Å²) in [7, 11) is 1.83. The Balaban J connectivity index is 1.33. The zero-order chi connectivity index (χ0) is 27.4. The van der Waals surface area contributed by atoms with Crippen LogP contribution in [0.1, 0.15) is 47.5 Å². The summed E-state index contributed by atoms with van der Waals surface area (Å²) in [6.07, 6.45) is 8.17. The molecule has 0 aromatic carbocycles. The van der Waals surface area contributed by atoms with Crippen LogP contribution in [-0.2, 0) is 32.2 Å². The molecule has 3 aromatic heterocycles. The first kappa shape index (κ1) is 27.6. The molecule has 0 bridgehead atoms. The predicted octanol–water partition coefficient (Wildman–Crippen LogP) is 3.62. The molecule has 1 saturated heterocycles. The fourth-order valence-electron chi connectivity index (χ4n) is 4.87. The van der Waals surface area contributed by atoms with Crippen molar-refractivity contribution in [1.82, 2.24) is 29.2 Å². The van der Waals surface area contributed by atoms with Crippen LogP contribution in [0.5, 0.6) is 0 Å². The van der Waals surface area contributed by atoms with Gasteiger partial charge >= 0.3 is 11.9 Å². The molecule has 38 heavy (non-hydrogen) atoms. The molecule has 1 N–H and O–H groups in total. The lowest BCUT2D eigenvalue weighted by Crippen LogP contribution is -2.35. The molecule has 1 aliphatic heterocycles. The summed E-state index contributed by atoms with van der Waals surface area (Å²) in [6.45, 7) is 11.7. The number of ether oxygens (including phenoxy) is 2. The molecule has 0 aliphatic carbocycles. The number of likely N-dealkylation sites (N-methyl/N-ethyl adjacent to an activating group) is 1. The van der Waals surface area contributed by atoms with Gasteiger partial charge in [0.25, 0.3) is 0 Å². The number of carbonyl (C=O) groups excluding carboxylic acids is 2. The molecule has 1 fully saturated rings. The molecule has 2 unspecified atom stereocenters. The molecular formula is C27H39N7O4. The lowest BCUT2D eigenvalue weighted by molar-refractivity contribution is -0.153. The van der Waals surface area contributed by atoms with Crippen molar-refractivity contribution in [3.05, 3.63) is 30.9 Å². The quantitative estimate of drug-likeness (QED) is 0.375. The van der Waals surface area contributed by atoms with Crippen molar-refractivity contribution in [3.8, 4) is 0 Å². The summed E-state index contributed by atoms with van der Waals surface area (Å²) in [5, 5.41) is 8.44. The Hall–Kier alpha value is -3.47.